The number of imide groups is 1. The number of benzene rings is 1. The third-order valence-corrected chi connectivity index (χ3v) is 5.69. The number of amides is 5. The van der Waals surface area contributed by atoms with Crippen LogP contribution in [0.15, 0.2) is 30.3 Å². The van der Waals surface area contributed by atoms with Crippen LogP contribution in [0.25, 0.3) is 0 Å². The number of likely N-dealkylation sites (N-methyl/N-ethyl adjacent to an activating group) is 1. The number of aryl methyl sites for hydroxylation is 1. The Morgan fingerprint density at radius 2 is 1.43 bits per heavy atom. The fourth-order valence-corrected chi connectivity index (χ4v) is 3.89. The van der Waals surface area contributed by atoms with Gasteiger partial charge in [0.1, 0.15) is 6.54 Å². The molecule has 1 aromatic rings. The summed E-state index contributed by atoms with van der Waals surface area (Å²) in [6.07, 6.45) is 3.00. The van der Waals surface area contributed by atoms with Crippen LogP contribution in [0.4, 0.5) is 4.79 Å². The van der Waals surface area contributed by atoms with Crippen molar-refractivity contribution in [3.05, 3.63) is 35.9 Å². The van der Waals surface area contributed by atoms with Gasteiger partial charge in [-0.2, -0.15) is 0 Å². The quantitative estimate of drug-likeness (QED) is 0.602. The van der Waals surface area contributed by atoms with Crippen LogP contribution >= 0.6 is 0 Å². The first-order valence-corrected chi connectivity index (χ1v) is 10.6. The predicted octanol–water partition coefficient (Wildman–Crippen LogP) is 1.35. The van der Waals surface area contributed by atoms with Crippen LogP contribution in [-0.4, -0.2) is 89.7 Å². The van der Waals surface area contributed by atoms with Crippen molar-refractivity contribution < 1.29 is 19.2 Å². The third kappa shape index (κ3) is 5.58. The lowest BCUT2D eigenvalue weighted by atomic mass is 10.1. The summed E-state index contributed by atoms with van der Waals surface area (Å²) in [4.78, 5) is 54.6. The van der Waals surface area contributed by atoms with Crippen LogP contribution in [0, 0.1) is 0 Å². The van der Waals surface area contributed by atoms with Gasteiger partial charge >= 0.3 is 6.03 Å². The number of rotatable bonds is 8. The van der Waals surface area contributed by atoms with Crippen molar-refractivity contribution in [3.8, 4) is 0 Å². The van der Waals surface area contributed by atoms with Crippen LogP contribution in [0.3, 0.4) is 0 Å². The minimum absolute atomic E-state index is 0.0126. The van der Waals surface area contributed by atoms with E-state index >= 15 is 0 Å². The highest BCUT2D eigenvalue weighted by atomic mass is 16.2. The minimum Gasteiger partial charge on any atom is -0.339 e. The Morgan fingerprint density at radius 3 is 1.97 bits per heavy atom. The highest BCUT2D eigenvalue weighted by molar-refractivity contribution is 6.01. The van der Waals surface area contributed by atoms with Crippen LogP contribution < -0.4 is 0 Å². The van der Waals surface area contributed by atoms with E-state index in [9.17, 15) is 19.2 Å². The van der Waals surface area contributed by atoms with E-state index < -0.39 is 0 Å². The highest BCUT2D eigenvalue weighted by Gasteiger charge is 2.33. The first kappa shape index (κ1) is 21.8. The van der Waals surface area contributed by atoms with Gasteiger partial charge in [0.15, 0.2) is 0 Å². The number of carbonyl (C=O) groups excluding carboxylic acids is 4. The summed E-state index contributed by atoms with van der Waals surface area (Å²) in [5, 5.41) is 0. The fraction of sp³-hybridized carbons (Fsp3) is 0.545. The van der Waals surface area contributed by atoms with Gasteiger partial charge in [0.25, 0.3) is 0 Å². The molecule has 162 valence electrons. The maximum atomic E-state index is 12.4. The molecule has 2 aliphatic rings. The zero-order valence-corrected chi connectivity index (χ0v) is 17.6. The highest BCUT2D eigenvalue weighted by Crippen LogP contribution is 2.12. The topological polar surface area (TPSA) is 81.2 Å². The van der Waals surface area contributed by atoms with E-state index in [4.69, 9.17) is 0 Å². The second kappa shape index (κ2) is 10.2. The van der Waals surface area contributed by atoms with Gasteiger partial charge in [-0.05, 0) is 24.8 Å². The minimum atomic E-state index is -0.299. The number of nitrogens with zero attached hydrogens (tertiary/aromatic N) is 4. The van der Waals surface area contributed by atoms with Crippen molar-refractivity contribution in [2.24, 2.45) is 0 Å². The Morgan fingerprint density at radius 1 is 0.867 bits per heavy atom. The maximum absolute atomic E-state index is 12.4. The van der Waals surface area contributed by atoms with Crippen molar-refractivity contribution >= 4 is 23.8 Å². The van der Waals surface area contributed by atoms with E-state index in [1.165, 1.54) is 15.4 Å². The first-order chi connectivity index (χ1) is 14.5. The van der Waals surface area contributed by atoms with Gasteiger partial charge in [-0.25, -0.2) is 4.79 Å². The molecule has 3 rings (SSSR count). The summed E-state index contributed by atoms with van der Waals surface area (Å²) in [5.74, 6) is -0.0545. The summed E-state index contributed by atoms with van der Waals surface area (Å²) in [6.45, 7) is 2.57. The average molecular weight is 415 g/mol. The van der Waals surface area contributed by atoms with Crippen molar-refractivity contribution in [1.82, 2.24) is 19.6 Å². The molecule has 30 heavy (non-hydrogen) atoms. The molecular formula is C22H30N4O4. The van der Waals surface area contributed by atoms with Crippen LogP contribution in [0.5, 0.6) is 0 Å². The van der Waals surface area contributed by atoms with Gasteiger partial charge in [-0.15, -0.1) is 0 Å². The molecule has 2 saturated heterocycles. The van der Waals surface area contributed by atoms with Crippen molar-refractivity contribution in [2.75, 3.05) is 46.3 Å². The third-order valence-electron chi connectivity index (χ3n) is 5.69. The Kier molecular flexibility index (Phi) is 7.43. The molecule has 0 bridgehead atoms. The van der Waals surface area contributed by atoms with Crippen LogP contribution in [-0.2, 0) is 20.8 Å². The maximum Gasteiger partial charge on any atom is 0.326 e. The molecule has 8 nitrogen and oxygen atoms in total. The van der Waals surface area contributed by atoms with Gasteiger partial charge in [0.05, 0.1) is 0 Å². The zero-order chi connectivity index (χ0) is 21.5. The smallest absolute Gasteiger partial charge is 0.326 e. The van der Waals surface area contributed by atoms with E-state index in [-0.39, 0.29) is 36.8 Å². The molecule has 0 atom stereocenters. The standard InChI is InChI=1S/C22H30N4O4/c1-23-17-21(29)26(22(23)30)12-6-11-20(28)25-15-13-24(14-16-25)19(27)10-5-9-18-7-3-2-4-8-18/h2-4,7-8H,5-6,9-17H2,1H3. The Bertz CT molecular complexity index is 775. The van der Waals surface area contributed by atoms with Gasteiger partial charge in [-0.1, -0.05) is 30.3 Å². The zero-order valence-electron chi connectivity index (χ0n) is 17.6. The first-order valence-electron chi connectivity index (χ1n) is 10.6. The largest absolute Gasteiger partial charge is 0.339 e. The Hall–Kier alpha value is -2.90. The summed E-state index contributed by atoms with van der Waals surface area (Å²) in [6, 6.07) is 9.84. The van der Waals surface area contributed by atoms with Gasteiger partial charge < -0.3 is 14.7 Å². The lowest BCUT2D eigenvalue weighted by molar-refractivity contribution is -0.139. The van der Waals surface area contributed by atoms with Crippen molar-refractivity contribution in [1.29, 1.82) is 0 Å². The van der Waals surface area contributed by atoms with Gasteiger partial charge in [0.2, 0.25) is 17.7 Å². The molecule has 0 aliphatic carbocycles. The Labute approximate surface area is 177 Å². The summed E-state index contributed by atoms with van der Waals surface area (Å²) in [5.41, 5.74) is 1.24. The fourth-order valence-electron chi connectivity index (χ4n) is 3.89. The van der Waals surface area contributed by atoms with Crippen molar-refractivity contribution in [2.45, 2.75) is 32.1 Å². The second-order valence-corrected chi connectivity index (χ2v) is 7.89. The van der Waals surface area contributed by atoms with E-state index in [1.54, 1.807) is 11.9 Å². The lowest BCUT2D eigenvalue weighted by Gasteiger charge is -2.35. The molecule has 2 fully saturated rings. The number of carbonyl (C=O) groups is 4. The van der Waals surface area contributed by atoms with E-state index in [0.717, 1.165) is 12.8 Å². The predicted molar refractivity (Wildman–Crippen MR) is 112 cm³/mol. The summed E-state index contributed by atoms with van der Waals surface area (Å²) < 4.78 is 0. The average Bonchev–Trinajstić information content (AvgIpc) is 3.00. The molecule has 8 heteroatoms. The Balaban J connectivity index is 1.32. The molecule has 0 spiro atoms. The molecule has 0 saturated carbocycles. The van der Waals surface area contributed by atoms with E-state index in [0.29, 0.717) is 45.4 Å². The molecule has 0 N–H and O–H groups in total. The second-order valence-electron chi connectivity index (χ2n) is 7.89. The monoisotopic (exact) mass is 414 g/mol. The van der Waals surface area contributed by atoms with Crippen molar-refractivity contribution in [3.63, 3.8) is 0 Å². The number of hydrogen-bond donors (Lipinski definition) is 0. The molecule has 5 amide bonds. The number of piperazine rings is 1. The van der Waals surface area contributed by atoms with Gasteiger partial charge in [-0.3, -0.25) is 19.3 Å². The van der Waals surface area contributed by atoms with E-state index in [2.05, 4.69) is 12.1 Å². The molecule has 0 unspecified atom stereocenters. The molecule has 1 aromatic carbocycles. The summed E-state index contributed by atoms with van der Waals surface area (Å²) in [7, 11) is 1.59. The molecule has 2 heterocycles. The summed E-state index contributed by atoms with van der Waals surface area (Å²) >= 11 is 0. The molecular weight excluding hydrogens is 384 g/mol. The lowest BCUT2D eigenvalue weighted by Crippen LogP contribution is -2.50. The molecule has 2 aliphatic heterocycles. The van der Waals surface area contributed by atoms with Crippen LogP contribution in [0.2, 0.25) is 0 Å². The molecule has 0 aromatic heterocycles. The number of urea groups is 1. The molecule has 0 radical (unpaired) electrons. The van der Waals surface area contributed by atoms with E-state index in [1.807, 2.05) is 23.1 Å². The van der Waals surface area contributed by atoms with Crippen LogP contribution in [0.1, 0.15) is 31.2 Å². The normalized spacial score (nSPS) is 17.1. The van der Waals surface area contributed by atoms with Gasteiger partial charge in [0, 0.05) is 52.6 Å². The number of hydrogen-bond acceptors (Lipinski definition) is 4. The SMILES string of the molecule is CN1CC(=O)N(CCCC(=O)N2CCN(C(=O)CCCc3ccccc3)CC2)C1=O.